The number of hydrogen-bond acceptors (Lipinski definition) is 2. The van der Waals surface area contributed by atoms with Crippen LogP contribution in [-0.4, -0.2) is 19.8 Å². The highest BCUT2D eigenvalue weighted by molar-refractivity contribution is 5.25. The summed E-state index contributed by atoms with van der Waals surface area (Å²) in [5.41, 5.74) is 1.67. The molecule has 0 radical (unpaired) electrons. The van der Waals surface area contributed by atoms with Crippen molar-refractivity contribution in [2.24, 2.45) is 5.92 Å². The molecule has 0 saturated carbocycles. The summed E-state index contributed by atoms with van der Waals surface area (Å²) in [6.07, 6.45) is 1.10. The third-order valence-electron chi connectivity index (χ3n) is 3.23. The van der Waals surface area contributed by atoms with E-state index in [2.05, 4.69) is 19.2 Å². The van der Waals surface area contributed by atoms with Crippen molar-refractivity contribution < 1.29 is 9.13 Å². The van der Waals surface area contributed by atoms with Crippen molar-refractivity contribution in [1.29, 1.82) is 0 Å². The van der Waals surface area contributed by atoms with E-state index in [4.69, 9.17) is 4.74 Å². The van der Waals surface area contributed by atoms with Crippen molar-refractivity contribution in [3.8, 4) is 0 Å². The van der Waals surface area contributed by atoms with Gasteiger partial charge in [0, 0.05) is 19.2 Å². The van der Waals surface area contributed by atoms with Crippen LogP contribution >= 0.6 is 0 Å². The molecule has 1 rings (SSSR count). The molecule has 2 nitrogen and oxygen atoms in total. The maximum Gasteiger partial charge on any atom is 0.126 e. The minimum atomic E-state index is -0.140. The van der Waals surface area contributed by atoms with Gasteiger partial charge in [-0.15, -0.1) is 0 Å². The van der Waals surface area contributed by atoms with Crippen molar-refractivity contribution in [3.63, 3.8) is 0 Å². The van der Waals surface area contributed by atoms with E-state index in [1.165, 1.54) is 0 Å². The Morgan fingerprint density at radius 3 is 2.58 bits per heavy atom. The lowest BCUT2D eigenvalue weighted by molar-refractivity contribution is 0.123. The van der Waals surface area contributed by atoms with Gasteiger partial charge in [0.05, 0.1) is 6.61 Å². The first-order valence-electron chi connectivity index (χ1n) is 7.08. The number of aryl methyl sites for hydroxylation is 1. The Morgan fingerprint density at radius 1 is 1.21 bits per heavy atom. The molecule has 0 aliphatic heterocycles. The fourth-order valence-electron chi connectivity index (χ4n) is 1.76. The molecule has 1 atom stereocenters. The second kappa shape index (κ2) is 8.28. The van der Waals surface area contributed by atoms with E-state index >= 15 is 0 Å². The minimum Gasteiger partial charge on any atom is -0.380 e. The Hall–Kier alpha value is -0.930. The summed E-state index contributed by atoms with van der Waals surface area (Å²) in [4.78, 5) is 0. The van der Waals surface area contributed by atoms with Crippen molar-refractivity contribution in [2.75, 3.05) is 19.8 Å². The summed E-state index contributed by atoms with van der Waals surface area (Å²) in [7, 11) is 0. The fraction of sp³-hybridized carbons (Fsp3) is 0.625. The highest BCUT2D eigenvalue weighted by Gasteiger charge is 2.06. The van der Waals surface area contributed by atoms with E-state index in [1.807, 2.05) is 19.1 Å². The first kappa shape index (κ1) is 16.1. The van der Waals surface area contributed by atoms with Gasteiger partial charge in [0.2, 0.25) is 0 Å². The molecule has 0 saturated heterocycles. The van der Waals surface area contributed by atoms with E-state index < -0.39 is 0 Å². The SMILES string of the molecule is Cc1ccc(C(C)NCCOCCC(C)C)cc1F. The number of hydrogen-bond donors (Lipinski definition) is 1. The van der Waals surface area contributed by atoms with Gasteiger partial charge in [0.15, 0.2) is 0 Å². The lowest BCUT2D eigenvalue weighted by atomic mass is 10.1. The molecule has 0 aromatic heterocycles. The maximum absolute atomic E-state index is 13.5. The van der Waals surface area contributed by atoms with Crippen molar-refractivity contribution in [2.45, 2.75) is 40.2 Å². The summed E-state index contributed by atoms with van der Waals surface area (Å²) < 4.78 is 19.0. The molecule has 0 amide bonds. The monoisotopic (exact) mass is 267 g/mol. The number of halogens is 1. The van der Waals surface area contributed by atoms with Gasteiger partial charge in [0.25, 0.3) is 0 Å². The normalized spacial score (nSPS) is 12.9. The van der Waals surface area contributed by atoms with Gasteiger partial charge in [0.1, 0.15) is 5.82 Å². The molecule has 1 aromatic rings. The van der Waals surface area contributed by atoms with Crippen LogP contribution in [0.5, 0.6) is 0 Å². The Kier molecular flexibility index (Phi) is 7.03. The van der Waals surface area contributed by atoms with E-state index in [-0.39, 0.29) is 11.9 Å². The fourth-order valence-corrected chi connectivity index (χ4v) is 1.76. The van der Waals surface area contributed by atoms with Crippen LogP contribution in [-0.2, 0) is 4.74 Å². The Bertz CT molecular complexity index is 379. The summed E-state index contributed by atoms with van der Waals surface area (Å²) in [5.74, 6) is 0.543. The molecule has 1 unspecified atom stereocenters. The molecule has 0 bridgehead atoms. The molecule has 0 aliphatic rings. The van der Waals surface area contributed by atoms with Gasteiger partial charge >= 0.3 is 0 Å². The maximum atomic E-state index is 13.5. The average Bonchev–Trinajstić information content (AvgIpc) is 2.36. The van der Waals surface area contributed by atoms with Gasteiger partial charge in [-0.1, -0.05) is 26.0 Å². The van der Waals surface area contributed by atoms with Gasteiger partial charge in [-0.05, 0) is 43.4 Å². The van der Waals surface area contributed by atoms with E-state index in [0.29, 0.717) is 18.1 Å². The van der Waals surface area contributed by atoms with E-state index in [9.17, 15) is 4.39 Å². The molecule has 0 spiro atoms. The quantitative estimate of drug-likeness (QED) is 0.722. The van der Waals surface area contributed by atoms with E-state index in [0.717, 1.165) is 25.1 Å². The van der Waals surface area contributed by atoms with Crippen LogP contribution in [0.1, 0.15) is 44.4 Å². The first-order valence-corrected chi connectivity index (χ1v) is 7.08. The number of ether oxygens (including phenoxy) is 1. The molecule has 1 N–H and O–H groups in total. The molecular formula is C16H26FNO. The van der Waals surface area contributed by atoms with Crippen LogP contribution in [0.4, 0.5) is 4.39 Å². The third-order valence-corrected chi connectivity index (χ3v) is 3.23. The zero-order valence-corrected chi connectivity index (χ0v) is 12.5. The number of rotatable bonds is 8. The number of benzene rings is 1. The second-order valence-electron chi connectivity index (χ2n) is 5.48. The second-order valence-corrected chi connectivity index (χ2v) is 5.48. The average molecular weight is 267 g/mol. The molecule has 0 heterocycles. The molecule has 19 heavy (non-hydrogen) atoms. The molecular weight excluding hydrogens is 241 g/mol. The zero-order chi connectivity index (χ0) is 14.3. The summed E-state index contributed by atoms with van der Waals surface area (Å²) in [6, 6.07) is 5.54. The summed E-state index contributed by atoms with van der Waals surface area (Å²) in [6.45, 7) is 10.5. The van der Waals surface area contributed by atoms with Gasteiger partial charge in [-0.3, -0.25) is 0 Å². The smallest absolute Gasteiger partial charge is 0.126 e. The van der Waals surface area contributed by atoms with Crippen LogP contribution in [0, 0.1) is 18.7 Å². The predicted molar refractivity (Wildman–Crippen MR) is 77.8 cm³/mol. The molecule has 3 heteroatoms. The Balaban J connectivity index is 2.23. The summed E-state index contributed by atoms with van der Waals surface area (Å²) in [5, 5.41) is 3.34. The van der Waals surface area contributed by atoms with Crippen molar-refractivity contribution >= 4 is 0 Å². The minimum absolute atomic E-state index is 0.140. The van der Waals surface area contributed by atoms with Crippen LogP contribution in [0.3, 0.4) is 0 Å². The highest BCUT2D eigenvalue weighted by Crippen LogP contribution is 2.15. The number of nitrogens with one attached hydrogen (secondary N) is 1. The summed E-state index contributed by atoms with van der Waals surface area (Å²) >= 11 is 0. The largest absolute Gasteiger partial charge is 0.380 e. The van der Waals surface area contributed by atoms with Crippen LogP contribution < -0.4 is 5.32 Å². The molecule has 0 fully saturated rings. The third kappa shape index (κ3) is 6.17. The molecule has 1 aromatic carbocycles. The van der Waals surface area contributed by atoms with Crippen molar-refractivity contribution in [1.82, 2.24) is 5.32 Å². The lowest BCUT2D eigenvalue weighted by Gasteiger charge is -2.15. The molecule has 0 aliphatic carbocycles. The standard InChI is InChI=1S/C16H26FNO/c1-12(2)7-9-19-10-8-18-14(4)15-6-5-13(3)16(17)11-15/h5-6,11-12,14,18H,7-10H2,1-4H3. The highest BCUT2D eigenvalue weighted by atomic mass is 19.1. The van der Waals surface area contributed by atoms with Crippen LogP contribution in [0.2, 0.25) is 0 Å². The van der Waals surface area contributed by atoms with Gasteiger partial charge < -0.3 is 10.1 Å². The predicted octanol–water partition coefficient (Wildman–Crippen LogP) is 3.85. The van der Waals surface area contributed by atoms with Gasteiger partial charge in [-0.2, -0.15) is 0 Å². The lowest BCUT2D eigenvalue weighted by Crippen LogP contribution is -2.23. The Labute approximate surface area is 116 Å². The topological polar surface area (TPSA) is 21.3 Å². The molecule has 108 valence electrons. The van der Waals surface area contributed by atoms with Crippen LogP contribution in [0.25, 0.3) is 0 Å². The van der Waals surface area contributed by atoms with E-state index in [1.54, 1.807) is 13.0 Å². The Morgan fingerprint density at radius 2 is 1.95 bits per heavy atom. The first-order chi connectivity index (χ1) is 9.00. The van der Waals surface area contributed by atoms with Crippen LogP contribution in [0.15, 0.2) is 18.2 Å². The van der Waals surface area contributed by atoms with Gasteiger partial charge in [-0.25, -0.2) is 4.39 Å². The zero-order valence-electron chi connectivity index (χ0n) is 12.5. The van der Waals surface area contributed by atoms with Crippen molar-refractivity contribution in [3.05, 3.63) is 35.1 Å².